The van der Waals surface area contributed by atoms with Crippen molar-refractivity contribution < 1.29 is 18.8 Å². The SMILES string of the molecule is CC(C)(C)[Si](C)(C)O[C@@H]1CCC(=O)[C@H](OC(=O)c2ccccc2)C1. The van der Waals surface area contributed by atoms with Crippen LogP contribution in [0.15, 0.2) is 30.3 Å². The van der Waals surface area contributed by atoms with Gasteiger partial charge in [-0.2, -0.15) is 0 Å². The summed E-state index contributed by atoms with van der Waals surface area (Å²) in [6.07, 6.45) is 0.874. The Morgan fingerprint density at radius 2 is 1.79 bits per heavy atom. The zero-order valence-electron chi connectivity index (χ0n) is 15.3. The molecule has 0 unspecified atom stereocenters. The van der Waals surface area contributed by atoms with Crippen LogP contribution < -0.4 is 0 Å². The summed E-state index contributed by atoms with van der Waals surface area (Å²) < 4.78 is 11.9. The van der Waals surface area contributed by atoms with Crippen LogP contribution in [0.2, 0.25) is 18.1 Å². The van der Waals surface area contributed by atoms with Gasteiger partial charge in [0.25, 0.3) is 0 Å². The van der Waals surface area contributed by atoms with Crippen molar-refractivity contribution in [2.24, 2.45) is 0 Å². The van der Waals surface area contributed by atoms with E-state index in [2.05, 4.69) is 33.9 Å². The van der Waals surface area contributed by atoms with Gasteiger partial charge in [0.2, 0.25) is 0 Å². The van der Waals surface area contributed by atoms with E-state index in [4.69, 9.17) is 9.16 Å². The van der Waals surface area contributed by atoms with Gasteiger partial charge in [0, 0.05) is 18.9 Å². The molecule has 132 valence electrons. The molecule has 0 bridgehead atoms. The van der Waals surface area contributed by atoms with Crippen molar-refractivity contribution in [3.05, 3.63) is 35.9 Å². The van der Waals surface area contributed by atoms with Crippen LogP contribution in [-0.2, 0) is 14.0 Å². The maximum absolute atomic E-state index is 12.2. The second-order valence-electron chi connectivity index (χ2n) is 8.00. The zero-order chi connectivity index (χ0) is 18.0. The van der Waals surface area contributed by atoms with E-state index in [9.17, 15) is 9.59 Å². The van der Waals surface area contributed by atoms with Crippen LogP contribution in [0.4, 0.5) is 0 Å². The van der Waals surface area contributed by atoms with Crippen LogP contribution in [0.25, 0.3) is 0 Å². The first-order chi connectivity index (χ1) is 11.1. The highest BCUT2D eigenvalue weighted by Crippen LogP contribution is 2.39. The van der Waals surface area contributed by atoms with E-state index in [1.807, 2.05) is 6.07 Å². The molecule has 0 saturated heterocycles. The van der Waals surface area contributed by atoms with Crippen molar-refractivity contribution >= 4 is 20.1 Å². The number of carbonyl (C=O) groups is 2. The average molecular weight is 349 g/mol. The highest BCUT2D eigenvalue weighted by atomic mass is 28.4. The van der Waals surface area contributed by atoms with Crippen LogP contribution in [0.5, 0.6) is 0 Å². The minimum atomic E-state index is -1.90. The molecule has 0 radical (unpaired) electrons. The molecule has 4 nitrogen and oxygen atoms in total. The molecular weight excluding hydrogens is 320 g/mol. The summed E-state index contributed by atoms with van der Waals surface area (Å²) in [5, 5.41) is 0.116. The van der Waals surface area contributed by atoms with Crippen molar-refractivity contribution in [2.75, 3.05) is 0 Å². The topological polar surface area (TPSA) is 52.6 Å². The van der Waals surface area contributed by atoms with Gasteiger partial charge >= 0.3 is 5.97 Å². The molecule has 1 fully saturated rings. The smallest absolute Gasteiger partial charge is 0.338 e. The Labute approximate surface area is 145 Å². The fraction of sp³-hybridized carbons (Fsp3) is 0.579. The molecule has 1 saturated carbocycles. The quantitative estimate of drug-likeness (QED) is 0.599. The minimum Gasteiger partial charge on any atom is -0.451 e. The molecule has 2 atom stereocenters. The van der Waals surface area contributed by atoms with Gasteiger partial charge in [-0.15, -0.1) is 0 Å². The van der Waals surface area contributed by atoms with Crippen molar-refractivity contribution in [1.82, 2.24) is 0 Å². The van der Waals surface area contributed by atoms with Gasteiger partial charge in [-0.05, 0) is 36.7 Å². The minimum absolute atomic E-state index is 0.00522. The van der Waals surface area contributed by atoms with Gasteiger partial charge in [0.15, 0.2) is 20.2 Å². The van der Waals surface area contributed by atoms with Crippen LogP contribution in [0, 0.1) is 0 Å². The van der Waals surface area contributed by atoms with Gasteiger partial charge in [0.1, 0.15) is 0 Å². The number of benzene rings is 1. The lowest BCUT2D eigenvalue weighted by atomic mass is 9.94. The second-order valence-corrected chi connectivity index (χ2v) is 12.8. The lowest BCUT2D eigenvalue weighted by Crippen LogP contribution is -2.47. The van der Waals surface area contributed by atoms with E-state index in [1.165, 1.54) is 0 Å². The van der Waals surface area contributed by atoms with Crippen LogP contribution in [0.3, 0.4) is 0 Å². The third kappa shape index (κ3) is 4.54. The lowest BCUT2D eigenvalue weighted by Gasteiger charge is -2.41. The highest BCUT2D eigenvalue weighted by Gasteiger charge is 2.41. The molecular formula is C19H28O4Si. The van der Waals surface area contributed by atoms with E-state index >= 15 is 0 Å². The molecule has 1 aliphatic rings. The molecule has 0 aromatic heterocycles. The molecule has 0 spiro atoms. The number of Topliss-reactive ketones (excluding diaryl/α,β-unsaturated/α-hetero) is 1. The Kier molecular flexibility index (Phi) is 5.66. The number of hydrogen-bond donors (Lipinski definition) is 0. The summed E-state index contributed by atoms with van der Waals surface area (Å²) in [5.74, 6) is -0.448. The van der Waals surface area contributed by atoms with Crippen LogP contribution in [0.1, 0.15) is 50.4 Å². The molecule has 0 amide bonds. The van der Waals surface area contributed by atoms with Crippen LogP contribution >= 0.6 is 0 Å². The summed E-state index contributed by atoms with van der Waals surface area (Å²) >= 11 is 0. The first-order valence-electron chi connectivity index (χ1n) is 8.57. The lowest BCUT2D eigenvalue weighted by molar-refractivity contribution is -0.132. The van der Waals surface area contributed by atoms with Crippen molar-refractivity contribution in [3.63, 3.8) is 0 Å². The first-order valence-corrected chi connectivity index (χ1v) is 11.5. The number of ketones is 1. The van der Waals surface area contributed by atoms with Gasteiger partial charge < -0.3 is 9.16 Å². The normalized spacial score (nSPS) is 22.3. The Hall–Kier alpha value is -1.46. The van der Waals surface area contributed by atoms with Crippen molar-refractivity contribution in [2.45, 2.75) is 70.4 Å². The van der Waals surface area contributed by atoms with Gasteiger partial charge in [-0.3, -0.25) is 4.79 Å². The number of esters is 1. The number of rotatable bonds is 4. The van der Waals surface area contributed by atoms with Gasteiger partial charge in [-0.1, -0.05) is 39.0 Å². The molecule has 2 rings (SSSR count). The number of hydrogen-bond acceptors (Lipinski definition) is 4. The standard InChI is InChI=1S/C19H28O4Si/c1-19(2,3)24(4,5)23-15-11-12-16(20)17(13-15)22-18(21)14-9-7-6-8-10-14/h6-10,15,17H,11-13H2,1-5H3/t15-,17-/m1/s1. The zero-order valence-corrected chi connectivity index (χ0v) is 16.3. The van der Waals surface area contributed by atoms with E-state index in [0.29, 0.717) is 24.8 Å². The summed E-state index contributed by atoms with van der Waals surface area (Å²) in [6, 6.07) is 8.79. The fourth-order valence-electron chi connectivity index (χ4n) is 2.54. The Morgan fingerprint density at radius 1 is 1.17 bits per heavy atom. The molecule has 1 aromatic carbocycles. The maximum Gasteiger partial charge on any atom is 0.338 e. The predicted octanol–water partition coefficient (Wildman–Crippen LogP) is 4.36. The predicted molar refractivity (Wildman–Crippen MR) is 96.6 cm³/mol. The fourth-order valence-corrected chi connectivity index (χ4v) is 3.94. The average Bonchev–Trinajstić information content (AvgIpc) is 2.50. The van der Waals surface area contributed by atoms with E-state index < -0.39 is 20.4 Å². The Morgan fingerprint density at radius 3 is 2.38 bits per heavy atom. The number of ether oxygens (including phenoxy) is 1. The molecule has 0 aliphatic heterocycles. The van der Waals surface area contributed by atoms with Crippen molar-refractivity contribution in [1.29, 1.82) is 0 Å². The summed E-state index contributed by atoms with van der Waals surface area (Å²) in [6.45, 7) is 11.0. The maximum atomic E-state index is 12.2. The van der Waals surface area contributed by atoms with Crippen LogP contribution in [-0.4, -0.2) is 32.3 Å². The largest absolute Gasteiger partial charge is 0.451 e. The Bertz CT molecular complexity index is 589. The van der Waals surface area contributed by atoms with E-state index in [0.717, 1.165) is 0 Å². The van der Waals surface area contributed by atoms with Crippen molar-refractivity contribution in [3.8, 4) is 0 Å². The summed E-state index contributed by atoms with van der Waals surface area (Å²) in [7, 11) is -1.90. The van der Waals surface area contributed by atoms with E-state index in [-0.39, 0.29) is 16.9 Å². The second kappa shape index (κ2) is 7.19. The van der Waals surface area contributed by atoms with Gasteiger partial charge in [0.05, 0.1) is 5.56 Å². The molecule has 1 aliphatic carbocycles. The third-order valence-corrected chi connectivity index (χ3v) is 9.61. The van der Waals surface area contributed by atoms with Gasteiger partial charge in [-0.25, -0.2) is 4.79 Å². The molecule has 0 N–H and O–H groups in total. The third-order valence-electron chi connectivity index (χ3n) is 5.08. The Balaban J connectivity index is 2.01. The first kappa shape index (κ1) is 18.9. The molecule has 24 heavy (non-hydrogen) atoms. The molecule has 5 heteroatoms. The van der Waals surface area contributed by atoms with E-state index in [1.54, 1.807) is 24.3 Å². The molecule has 0 heterocycles. The monoisotopic (exact) mass is 348 g/mol. The summed E-state index contributed by atoms with van der Waals surface area (Å²) in [4.78, 5) is 24.4. The number of carbonyl (C=O) groups excluding carboxylic acids is 2. The summed E-state index contributed by atoms with van der Waals surface area (Å²) in [5.41, 5.74) is 0.470. The molecule has 1 aromatic rings. The highest BCUT2D eigenvalue weighted by molar-refractivity contribution is 6.74.